The zero-order chi connectivity index (χ0) is 14.5. The van der Waals surface area contributed by atoms with E-state index in [0.29, 0.717) is 22.9 Å². The summed E-state index contributed by atoms with van der Waals surface area (Å²) in [5.41, 5.74) is 3.41. The van der Waals surface area contributed by atoms with Crippen LogP contribution in [0.25, 0.3) is 0 Å². The number of hydrogen-bond acceptors (Lipinski definition) is 2. The van der Waals surface area contributed by atoms with Crippen LogP contribution in [0.2, 0.25) is 10.0 Å². The second-order valence-corrected chi connectivity index (χ2v) is 5.14. The van der Waals surface area contributed by atoms with Crippen LogP contribution < -0.4 is 11.3 Å². The average molecular weight is 315 g/mol. The molecule has 0 heterocycles. The van der Waals surface area contributed by atoms with Gasteiger partial charge in [0, 0.05) is 12.5 Å². The highest BCUT2D eigenvalue weighted by atomic mass is 35.5. The first kappa shape index (κ1) is 16.6. The van der Waals surface area contributed by atoms with Crippen molar-refractivity contribution in [3.63, 3.8) is 0 Å². The van der Waals surface area contributed by atoms with Crippen LogP contribution in [-0.2, 0) is 6.42 Å². The number of alkyl halides is 3. The fourth-order valence-electron chi connectivity index (χ4n) is 1.74. The third-order valence-electron chi connectivity index (χ3n) is 2.71. The van der Waals surface area contributed by atoms with Gasteiger partial charge in [0.25, 0.3) is 0 Å². The fraction of sp³-hybridized carbons (Fsp3) is 0.500. The predicted octanol–water partition coefficient (Wildman–Crippen LogP) is 4.10. The van der Waals surface area contributed by atoms with Gasteiger partial charge in [-0.05, 0) is 37.0 Å². The molecule has 0 saturated heterocycles. The Hall–Kier alpha value is -0.490. The van der Waals surface area contributed by atoms with Gasteiger partial charge >= 0.3 is 6.18 Å². The molecule has 1 aromatic rings. The minimum Gasteiger partial charge on any atom is -0.271 e. The molecule has 108 valence electrons. The summed E-state index contributed by atoms with van der Waals surface area (Å²) < 4.78 is 36.2. The first-order valence-electron chi connectivity index (χ1n) is 5.78. The quantitative estimate of drug-likeness (QED) is 0.613. The number of halogens is 5. The van der Waals surface area contributed by atoms with E-state index in [1.807, 2.05) is 0 Å². The van der Waals surface area contributed by atoms with Gasteiger partial charge in [-0.2, -0.15) is 13.2 Å². The van der Waals surface area contributed by atoms with E-state index in [1.54, 1.807) is 18.2 Å². The Bertz CT molecular complexity index is 410. The van der Waals surface area contributed by atoms with E-state index < -0.39 is 12.6 Å². The van der Waals surface area contributed by atoms with Crippen LogP contribution in [0.4, 0.5) is 13.2 Å². The molecule has 0 spiro atoms. The molecule has 1 atom stereocenters. The molecule has 2 nitrogen and oxygen atoms in total. The molecule has 0 aliphatic rings. The van der Waals surface area contributed by atoms with E-state index in [9.17, 15) is 13.2 Å². The van der Waals surface area contributed by atoms with Crippen molar-refractivity contribution in [1.82, 2.24) is 5.43 Å². The SMILES string of the molecule is NNC(CCCC(F)(F)F)Cc1ccc(Cl)c(Cl)c1. The lowest BCUT2D eigenvalue weighted by molar-refractivity contribution is -0.135. The molecular formula is C12H15Cl2F3N2. The van der Waals surface area contributed by atoms with Crippen LogP contribution in [0.5, 0.6) is 0 Å². The van der Waals surface area contributed by atoms with Gasteiger partial charge in [0.05, 0.1) is 10.0 Å². The van der Waals surface area contributed by atoms with Crippen molar-refractivity contribution in [2.24, 2.45) is 5.84 Å². The molecule has 0 aliphatic carbocycles. The van der Waals surface area contributed by atoms with Crippen LogP contribution in [0.1, 0.15) is 24.8 Å². The molecular weight excluding hydrogens is 300 g/mol. The second-order valence-electron chi connectivity index (χ2n) is 4.32. The van der Waals surface area contributed by atoms with Gasteiger partial charge in [-0.1, -0.05) is 29.3 Å². The Balaban J connectivity index is 2.49. The van der Waals surface area contributed by atoms with Gasteiger partial charge in [0.15, 0.2) is 0 Å². The number of nitrogens with one attached hydrogen (secondary N) is 1. The lowest BCUT2D eigenvalue weighted by Crippen LogP contribution is -2.36. The molecule has 1 aromatic carbocycles. The Morgan fingerprint density at radius 2 is 1.89 bits per heavy atom. The maximum Gasteiger partial charge on any atom is 0.389 e. The summed E-state index contributed by atoms with van der Waals surface area (Å²) in [5, 5.41) is 0.866. The third-order valence-corrected chi connectivity index (χ3v) is 3.45. The summed E-state index contributed by atoms with van der Waals surface area (Å²) in [6.45, 7) is 0. The first-order chi connectivity index (χ1) is 8.81. The Morgan fingerprint density at radius 1 is 1.21 bits per heavy atom. The summed E-state index contributed by atoms with van der Waals surface area (Å²) in [4.78, 5) is 0. The first-order valence-corrected chi connectivity index (χ1v) is 6.54. The molecule has 0 aliphatic heterocycles. The van der Waals surface area contributed by atoms with E-state index in [1.165, 1.54) is 0 Å². The molecule has 0 bridgehead atoms. The van der Waals surface area contributed by atoms with E-state index >= 15 is 0 Å². The zero-order valence-corrected chi connectivity index (χ0v) is 11.6. The molecule has 0 radical (unpaired) electrons. The third kappa shape index (κ3) is 6.47. The van der Waals surface area contributed by atoms with Gasteiger partial charge in [0.2, 0.25) is 0 Å². The van der Waals surface area contributed by atoms with Gasteiger partial charge in [-0.15, -0.1) is 0 Å². The Morgan fingerprint density at radius 3 is 2.42 bits per heavy atom. The van der Waals surface area contributed by atoms with Crippen molar-refractivity contribution in [3.05, 3.63) is 33.8 Å². The Kier molecular flexibility index (Phi) is 6.39. The monoisotopic (exact) mass is 314 g/mol. The zero-order valence-electron chi connectivity index (χ0n) is 10.1. The van der Waals surface area contributed by atoms with E-state index in [4.69, 9.17) is 29.0 Å². The molecule has 0 amide bonds. The van der Waals surface area contributed by atoms with Crippen molar-refractivity contribution in [2.75, 3.05) is 0 Å². The van der Waals surface area contributed by atoms with Crippen molar-refractivity contribution in [2.45, 2.75) is 37.9 Å². The van der Waals surface area contributed by atoms with Crippen LogP contribution in [-0.4, -0.2) is 12.2 Å². The number of hydrogen-bond donors (Lipinski definition) is 2. The molecule has 1 rings (SSSR count). The van der Waals surface area contributed by atoms with E-state index in [-0.39, 0.29) is 12.5 Å². The van der Waals surface area contributed by atoms with Crippen molar-refractivity contribution >= 4 is 23.2 Å². The van der Waals surface area contributed by atoms with Crippen LogP contribution in [0.15, 0.2) is 18.2 Å². The van der Waals surface area contributed by atoms with Crippen LogP contribution >= 0.6 is 23.2 Å². The maximum absolute atomic E-state index is 12.1. The van der Waals surface area contributed by atoms with E-state index in [0.717, 1.165) is 5.56 Å². The van der Waals surface area contributed by atoms with Crippen molar-refractivity contribution < 1.29 is 13.2 Å². The number of nitrogens with two attached hydrogens (primary N) is 1. The highest BCUT2D eigenvalue weighted by Gasteiger charge is 2.26. The number of benzene rings is 1. The van der Waals surface area contributed by atoms with Crippen molar-refractivity contribution in [3.8, 4) is 0 Å². The molecule has 1 unspecified atom stereocenters. The summed E-state index contributed by atoms with van der Waals surface area (Å²) in [6, 6.07) is 4.91. The maximum atomic E-state index is 12.1. The average Bonchev–Trinajstić information content (AvgIpc) is 2.31. The molecule has 0 saturated carbocycles. The summed E-state index contributed by atoms with van der Waals surface area (Å²) in [5.74, 6) is 5.35. The van der Waals surface area contributed by atoms with E-state index in [2.05, 4.69) is 5.43 Å². The largest absolute Gasteiger partial charge is 0.389 e. The van der Waals surface area contributed by atoms with Gasteiger partial charge in [-0.3, -0.25) is 11.3 Å². The lowest BCUT2D eigenvalue weighted by atomic mass is 10.0. The summed E-state index contributed by atoms with van der Waals surface area (Å²) >= 11 is 11.7. The topological polar surface area (TPSA) is 38.0 Å². The molecule has 19 heavy (non-hydrogen) atoms. The van der Waals surface area contributed by atoms with Gasteiger partial charge in [-0.25, -0.2) is 0 Å². The molecule has 7 heteroatoms. The minimum atomic E-state index is -4.12. The van der Waals surface area contributed by atoms with Gasteiger partial charge < -0.3 is 0 Å². The standard InChI is InChI=1S/C12H15Cl2F3N2/c13-10-4-3-8(7-11(10)14)6-9(19-18)2-1-5-12(15,16)17/h3-4,7,9,19H,1-2,5-6,18H2. The van der Waals surface area contributed by atoms with Crippen LogP contribution in [0, 0.1) is 0 Å². The van der Waals surface area contributed by atoms with Gasteiger partial charge in [0.1, 0.15) is 0 Å². The number of rotatable bonds is 6. The highest BCUT2D eigenvalue weighted by Crippen LogP contribution is 2.25. The number of hydrazine groups is 1. The Labute approximate surface area is 120 Å². The molecule has 0 aromatic heterocycles. The predicted molar refractivity (Wildman–Crippen MR) is 71.2 cm³/mol. The lowest BCUT2D eigenvalue weighted by Gasteiger charge is -2.16. The normalized spacial score (nSPS) is 13.6. The van der Waals surface area contributed by atoms with Crippen molar-refractivity contribution in [1.29, 1.82) is 0 Å². The minimum absolute atomic E-state index is 0.0414. The highest BCUT2D eigenvalue weighted by molar-refractivity contribution is 6.42. The summed E-state index contributed by atoms with van der Waals surface area (Å²) in [6.07, 6.45) is -4.03. The second kappa shape index (κ2) is 7.33. The molecule has 3 N–H and O–H groups in total. The molecule has 0 fully saturated rings. The smallest absolute Gasteiger partial charge is 0.271 e. The van der Waals surface area contributed by atoms with Crippen LogP contribution in [0.3, 0.4) is 0 Å². The fourth-order valence-corrected chi connectivity index (χ4v) is 2.07. The summed E-state index contributed by atoms with van der Waals surface area (Å²) in [7, 11) is 0.